The number of carbonyl (C=O) groups is 1. The largest absolute Gasteiger partial charge is 0.466 e. The standard InChI is InChI=1S/C48H34N4O2/c1-54-43(53)29-22-35-30-42-46(33-18-10-4-11-19-33)40-26-25-38(50-40)44(31-14-6-2-7-15-31)36-23-24-37(49-36)45(32-16-8-3-9-17-32)39-27-28-41(51-39)47(48(35)52-42)34-20-12-5-13-21-34/h2-30,49,52H,1H3. The first-order chi connectivity index (χ1) is 26.6. The number of ether oxygens (including phenoxy) is 1. The van der Waals surface area contributed by atoms with E-state index in [9.17, 15) is 4.79 Å². The van der Waals surface area contributed by atoms with Crippen molar-refractivity contribution < 1.29 is 9.53 Å². The van der Waals surface area contributed by atoms with E-state index in [2.05, 4.69) is 125 Å². The number of nitrogens with zero attached hydrogens (tertiary/aromatic N) is 2. The number of hydrogen-bond acceptors (Lipinski definition) is 4. The highest BCUT2D eigenvalue weighted by Gasteiger charge is 2.20. The number of carbonyl (C=O) groups excluding carboxylic acids is 1. The van der Waals surface area contributed by atoms with Gasteiger partial charge in [-0.1, -0.05) is 121 Å². The van der Waals surface area contributed by atoms with E-state index < -0.39 is 5.97 Å². The molecule has 2 aliphatic rings. The zero-order valence-corrected chi connectivity index (χ0v) is 29.5. The lowest BCUT2D eigenvalue weighted by Gasteiger charge is -2.07. The van der Waals surface area contributed by atoms with Gasteiger partial charge in [-0.05, 0) is 70.8 Å². The second-order valence-electron chi connectivity index (χ2n) is 13.1. The van der Waals surface area contributed by atoms with Crippen LogP contribution in [0, 0.1) is 0 Å². The zero-order valence-electron chi connectivity index (χ0n) is 29.5. The van der Waals surface area contributed by atoms with E-state index in [-0.39, 0.29) is 0 Å². The second-order valence-corrected chi connectivity index (χ2v) is 13.1. The third-order valence-electron chi connectivity index (χ3n) is 9.75. The van der Waals surface area contributed by atoms with Gasteiger partial charge in [-0.3, -0.25) is 0 Å². The summed E-state index contributed by atoms with van der Waals surface area (Å²) in [5.74, 6) is -0.442. The van der Waals surface area contributed by atoms with Crippen molar-refractivity contribution in [3.05, 3.63) is 174 Å². The molecule has 0 saturated heterocycles. The van der Waals surface area contributed by atoms with E-state index >= 15 is 0 Å². The molecule has 3 aromatic heterocycles. The average molecular weight is 699 g/mol. The van der Waals surface area contributed by atoms with Crippen LogP contribution < -0.4 is 0 Å². The molecular formula is C48H34N4O2. The molecule has 9 rings (SSSR count). The number of H-pyrrole nitrogens is 2. The summed E-state index contributed by atoms with van der Waals surface area (Å²) in [6.07, 6.45) is 11.6. The zero-order chi connectivity index (χ0) is 36.4. The lowest BCUT2D eigenvalue weighted by atomic mass is 10.0. The van der Waals surface area contributed by atoms with Crippen molar-refractivity contribution in [1.29, 1.82) is 0 Å². The van der Waals surface area contributed by atoms with Gasteiger partial charge in [-0.2, -0.15) is 0 Å². The molecule has 2 aliphatic heterocycles. The summed E-state index contributed by atoms with van der Waals surface area (Å²) in [6.45, 7) is 0. The van der Waals surface area contributed by atoms with E-state index in [0.717, 1.165) is 94.9 Å². The third kappa shape index (κ3) is 6.06. The summed E-state index contributed by atoms with van der Waals surface area (Å²) < 4.78 is 5.02. The maximum absolute atomic E-state index is 12.5. The summed E-state index contributed by atoms with van der Waals surface area (Å²) in [6, 6.07) is 47.6. The molecule has 258 valence electrons. The fourth-order valence-corrected chi connectivity index (χ4v) is 7.30. The molecule has 0 unspecified atom stereocenters. The molecule has 0 amide bonds. The van der Waals surface area contributed by atoms with E-state index in [1.165, 1.54) is 13.2 Å². The Labute approximate surface area is 312 Å². The number of rotatable bonds is 6. The number of hydrogen-bond donors (Lipinski definition) is 2. The molecule has 0 fully saturated rings. The summed E-state index contributed by atoms with van der Waals surface area (Å²) in [4.78, 5) is 30.9. The van der Waals surface area contributed by atoms with Crippen LogP contribution in [-0.4, -0.2) is 33.0 Å². The Balaban J connectivity index is 1.51. The fraction of sp³-hybridized carbons (Fsp3) is 0.0208. The molecule has 0 radical (unpaired) electrons. The minimum absolute atomic E-state index is 0.442. The quantitative estimate of drug-likeness (QED) is 0.134. The van der Waals surface area contributed by atoms with Gasteiger partial charge in [-0.25, -0.2) is 14.8 Å². The molecule has 6 heteroatoms. The van der Waals surface area contributed by atoms with E-state index in [1.807, 2.05) is 48.5 Å². The SMILES string of the molecule is COC(=O)C=Cc1cc2[nH]c1c(-c1ccccc1)c1nc(c(-c3ccccc3)c3ccc([nH]3)c(-c3ccccc3)c3nc(c2-c2ccccc2)C=C3)C=C1. The molecule has 4 aromatic carbocycles. The normalized spacial score (nSPS) is 12.0. The van der Waals surface area contributed by atoms with Crippen molar-refractivity contribution in [1.82, 2.24) is 19.9 Å². The molecule has 0 atom stereocenters. The number of aromatic amines is 2. The number of benzene rings is 4. The molecule has 8 bridgehead atoms. The van der Waals surface area contributed by atoms with Gasteiger partial charge in [0.1, 0.15) is 0 Å². The molecule has 54 heavy (non-hydrogen) atoms. The first-order valence-electron chi connectivity index (χ1n) is 17.8. The highest BCUT2D eigenvalue weighted by Crippen LogP contribution is 2.39. The Kier molecular flexibility index (Phi) is 8.46. The highest BCUT2D eigenvalue weighted by atomic mass is 16.5. The number of nitrogens with one attached hydrogen (secondary N) is 2. The highest BCUT2D eigenvalue weighted by molar-refractivity contribution is 6.02. The molecule has 6 nitrogen and oxygen atoms in total. The van der Waals surface area contributed by atoms with Crippen molar-refractivity contribution in [2.45, 2.75) is 0 Å². The molecule has 2 N–H and O–H groups in total. The van der Waals surface area contributed by atoms with Gasteiger partial charge in [0.05, 0.1) is 35.4 Å². The Morgan fingerprint density at radius 3 is 1.31 bits per heavy atom. The Hall–Kier alpha value is -7.31. The van der Waals surface area contributed by atoms with Crippen LogP contribution in [0.25, 0.3) is 97.0 Å². The topological polar surface area (TPSA) is 83.7 Å². The van der Waals surface area contributed by atoms with Gasteiger partial charge in [0.2, 0.25) is 0 Å². The Bertz CT molecular complexity index is 2800. The Morgan fingerprint density at radius 2 is 0.889 bits per heavy atom. The first-order valence-corrected chi connectivity index (χ1v) is 17.8. The van der Waals surface area contributed by atoms with Crippen LogP contribution in [0.3, 0.4) is 0 Å². The van der Waals surface area contributed by atoms with Gasteiger partial charge < -0.3 is 14.7 Å². The molecule has 0 aliphatic carbocycles. The second kappa shape index (κ2) is 14.0. The fourth-order valence-electron chi connectivity index (χ4n) is 7.30. The van der Waals surface area contributed by atoms with Crippen molar-refractivity contribution in [2.24, 2.45) is 0 Å². The van der Waals surface area contributed by atoms with Crippen LogP contribution >= 0.6 is 0 Å². The molecule has 5 heterocycles. The van der Waals surface area contributed by atoms with E-state index in [1.54, 1.807) is 6.08 Å². The lowest BCUT2D eigenvalue weighted by Crippen LogP contribution is -1.93. The summed E-state index contributed by atoms with van der Waals surface area (Å²) >= 11 is 0. The van der Waals surface area contributed by atoms with Crippen LogP contribution in [0.5, 0.6) is 0 Å². The molecular weight excluding hydrogens is 665 g/mol. The Morgan fingerprint density at radius 1 is 0.500 bits per heavy atom. The monoisotopic (exact) mass is 698 g/mol. The van der Waals surface area contributed by atoms with Crippen molar-refractivity contribution in [3.8, 4) is 44.5 Å². The number of methoxy groups -OCH3 is 1. The van der Waals surface area contributed by atoms with Gasteiger partial charge >= 0.3 is 5.97 Å². The van der Waals surface area contributed by atoms with Gasteiger partial charge in [0.15, 0.2) is 0 Å². The minimum atomic E-state index is -0.442. The van der Waals surface area contributed by atoms with Gasteiger partial charge in [0.25, 0.3) is 0 Å². The maximum Gasteiger partial charge on any atom is 0.330 e. The molecule has 0 spiro atoms. The van der Waals surface area contributed by atoms with E-state index in [0.29, 0.717) is 0 Å². The average Bonchev–Trinajstić information content (AvgIpc) is 4.06. The van der Waals surface area contributed by atoms with Crippen molar-refractivity contribution in [3.63, 3.8) is 0 Å². The summed E-state index contributed by atoms with van der Waals surface area (Å²) in [7, 11) is 1.38. The number of esters is 1. The van der Waals surface area contributed by atoms with Gasteiger partial charge in [-0.15, -0.1) is 0 Å². The molecule has 0 saturated carbocycles. The van der Waals surface area contributed by atoms with Crippen molar-refractivity contribution in [2.75, 3.05) is 7.11 Å². The molecule has 7 aromatic rings. The summed E-state index contributed by atoms with van der Waals surface area (Å²) in [5, 5.41) is 0. The third-order valence-corrected chi connectivity index (χ3v) is 9.75. The van der Waals surface area contributed by atoms with Crippen LogP contribution in [-0.2, 0) is 9.53 Å². The van der Waals surface area contributed by atoms with Crippen LogP contribution in [0.1, 0.15) is 28.3 Å². The minimum Gasteiger partial charge on any atom is -0.466 e. The summed E-state index contributed by atoms with van der Waals surface area (Å²) in [5.41, 5.74) is 15.5. The predicted molar refractivity (Wildman–Crippen MR) is 222 cm³/mol. The lowest BCUT2D eigenvalue weighted by molar-refractivity contribution is -0.134. The van der Waals surface area contributed by atoms with E-state index in [4.69, 9.17) is 14.7 Å². The van der Waals surface area contributed by atoms with Crippen LogP contribution in [0.4, 0.5) is 0 Å². The number of fused-ring (bicyclic) bond motifs is 8. The predicted octanol–water partition coefficient (Wildman–Crippen LogP) is 11.5. The number of aromatic nitrogens is 4. The van der Waals surface area contributed by atoms with Gasteiger partial charge in [0, 0.05) is 50.4 Å². The van der Waals surface area contributed by atoms with Crippen LogP contribution in [0.2, 0.25) is 0 Å². The smallest absolute Gasteiger partial charge is 0.330 e. The first kappa shape index (κ1) is 32.6. The maximum atomic E-state index is 12.5. The van der Waals surface area contributed by atoms with Crippen LogP contribution in [0.15, 0.2) is 146 Å². The van der Waals surface area contributed by atoms with Crippen molar-refractivity contribution >= 4 is 58.4 Å².